The lowest BCUT2D eigenvalue weighted by atomic mass is 9.50. The van der Waals surface area contributed by atoms with Crippen molar-refractivity contribution in [2.24, 2.45) is 17.3 Å². The molecule has 1 aromatic carbocycles. The van der Waals surface area contributed by atoms with Crippen LogP contribution in [0, 0.1) is 17.3 Å². The van der Waals surface area contributed by atoms with E-state index in [-0.39, 0.29) is 24.5 Å². The number of fused-ring (bicyclic) bond motifs is 4. The van der Waals surface area contributed by atoms with Crippen molar-refractivity contribution < 1.29 is 31.9 Å². The van der Waals surface area contributed by atoms with E-state index in [4.69, 9.17) is 0 Å². The quantitative estimate of drug-likeness (QED) is 0.379. The smallest absolute Gasteiger partial charge is 0.383 e. The number of halogens is 5. The van der Waals surface area contributed by atoms with E-state index in [1.54, 1.807) is 12.3 Å². The van der Waals surface area contributed by atoms with E-state index in [9.17, 15) is 23.1 Å². The molecule has 2 fully saturated rings. The van der Waals surface area contributed by atoms with Gasteiger partial charge < -0.3 is 5.11 Å². The first-order valence-corrected chi connectivity index (χ1v) is 14.2. The number of hydrogen-bond acceptors (Lipinski definition) is 3. The minimum absolute atomic E-state index is 0.0283. The highest BCUT2D eigenvalue weighted by Crippen LogP contribution is 2.70. The van der Waals surface area contributed by atoms with Crippen LogP contribution in [0.1, 0.15) is 74.6 Å². The number of aliphatic hydroxyl groups is 1. The van der Waals surface area contributed by atoms with Crippen LogP contribution in [0.2, 0.25) is 0 Å². The van der Waals surface area contributed by atoms with Crippen LogP contribution in [0.3, 0.4) is 0 Å². The Morgan fingerprint density at radius 3 is 2.41 bits per heavy atom. The molecular formula is C33H32F5NO2. The number of carbonyl (C=O) groups excluding carboxylic acids is 1. The Labute approximate surface area is 235 Å². The Balaban J connectivity index is 1.44. The van der Waals surface area contributed by atoms with Gasteiger partial charge in [-0.05, 0) is 96.9 Å². The van der Waals surface area contributed by atoms with Crippen molar-refractivity contribution in [2.75, 3.05) is 0 Å². The lowest BCUT2D eigenvalue weighted by Gasteiger charge is -2.56. The van der Waals surface area contributed by atoms with Crippen LogP contribution in [-0.4, -0.2) is 33.6 Å². The van der Waals surface area contributed by atoms with Gasteiger partial charge in [-0.3, -0.25) is 9.78 Å². The number of benzene rings is 1. The number of hydrogen-bond donors (Lipinski definition) is 1. The van der Waals surface area contributed by atoms with Gasteiger partial charge in [-0.1, -0.05) is 48.9 Å². The molecule has 8 heteroatoms. The van der Waals surface area contributed by atoms with Crippen molar-refractivity contribution in [1.82, 2.24) is 4.98 Å². The van der Waals surface area contributed by atoms with Crippen molar-refractivity contribution in [1.29, 1.82) is 0 Å². The summed E-state index contributed by atoms with van der Waals surface area (Å²) in [5, 5.41) is 11.4. The lowest BCUT2D eigenvalue weighted by Crippen LogP contribution is -2.65. The van der Waals surface area contributed by atoms with E-state index >= 15 is 8.78 Å². The van der Waals surface area contributed by atoms with E-state index in [2.05, 4.69) is 4.98 Å². The molecule has 4 aliphatic rings. The largest absolute Gasteiger partial charge is 0.456 e. The Bertz CT molecular complexity index is 1440. The zero-order valence-corrected chi connectivity index (χ0v) is 22.7. The third-order valence-corrected chi connectivity index (χ3v) is 10.2. The van der Waals surface area contributed by atoms with Gasteiger partial charge in [0.15, 0.2) is 5.78 Å². The maximum atomic E-state index is 15.1. The SMILES string of the molecule is C[C@]12C[C@H](c3ccc(C=Cc4ccccn4)cc3)C3=C4CCC(=O)C=C4CC[C@H]3[C@@H]1CC[C@@]2(O)C(F)(F)C(F)(F)F. The fraction of sp³-hybridized carbons (Fsp3) is 0.455. The van der Waals surface area contributed by atoms with Crippen LogP contribution in [0.15, 0.2) is 71.5 Å². The summed E-state index contributed by atoms with van der Waals surface area (Å²) in [6, 6.07) is 13.2. The first kappa shape index (κ1) is 28.0. The summed E-state index contributed by atoms with van der Waals surface area (Å²) in [5.74, 6) is -6.38. The third kappa shape index (κ3) is 4.32. The molecule has 2 saturated carbocycles. The van der Waals surface area contributed by atoms with Gasteiger partial charge in [-0.25, -0.2) is 0 Å². The van der Waals surface area contributed by atoms with Crippen LogP contribution in [-0.2, 0) is 4.79 Å². The Hall–Kier alpha value is -3.13. The van der Waals surface area contributed by atoms with Gasteiger partial charge in [0.05, 0.1) is 5.69 Å². The van der Waals surface area contributed by atoms with Crippen molar-refractivity contribution >= 4 is 17.9 Å². The van der Waals surface area contributed by atoms with Gasteiger partial charge in [0, 0.05) is 24.0 Å². The van der Waals surface area contributed by atoms with Crippen molar-refractivity contribution in [3.63, 3.8) is 0 Å². The molecule has 216 valence electrons. The summed E-state index contributed by atoms with van der Waals surface area (Å²) in [7, 11) is 0. The molecule has 0 spiro atoms. The number of pyridine rings is 1. The summed E-state index contributed by atoms with van der Waals surface area (Å²) in [5.41, 5.74) is 0.716. The molecule has 0 bridgehead atoms. The predicted molar refractivity (Wildman–Crippen MR) is 146 cm³/mol. The number of ketones is 1. The molecular weight excluding hydrogens is 537 g/mol. The number of rotatable bonds is 4. The highest BCUT2D eigenvalue weighted by atomic mass is 19.4. The molecule has 0 aliphatic heterocycles. The van der Waals surface area contributed by atoms with E-state index in [1.807, 2.05) is 54.6 Å². The lowest BCUT2D eigenvalue weighted by molar-refractivity contribution is -0.362. The normalized spacial score (nSPS) is 32.0. The average Bonchev–Trinajstić information content (AvgIpc) is 3.23. The van der Waals surface area contributed by atoms with E-state index in [1.165, 1.54) is 6.92 Å². The highest BCUT2D eigenvalue weighted by molar-refractivity contribution is 5.93. The van der Waals surface area contributed by atoms with Crippen molar-refractivity contribution in [3.8, 4) is 0 Å². The van der Waals surface area contributed by atoms with Crippen LogP contribution >= 0.6 is 0 Å². The molecule has 2 aromatic rings. The van der Waals surface area contributed by atoms with Gasteiger partial charge in [0.25, 0.3) is 0 Å². The van der Waals surface area contributed by atoms with Crippen LogP contribution in [0.5, 0.6) is 0 Å². The van der Waals surface area contributed by atoms with E-state index < -0.39 is 41.4 Å². The molecule has 5 atom stereocenters. The molecule has 6 rings (SSSR count). The predicted octanol–water partition coefficient (Wildman–Crippen LogP) is 8.08. The van der Waals surface area contributed by atoms with Crippen LogP contribution in [0.25, 0.3) is 12.2 Å². The van der Waals surface area contributed by atoms with Gasteiger partial charge >= 0.3 is 12.1 Å². The monoisotopic (exact) mass is 569 g/mol. The number of allylic oxidation sites excluding steroid dienone is 4. The fourth-order valence-corrected chi connectivity index (χ4v) is 8.21. The Morgan fingerprint density at radius 1 is 0.976 bits per heavy atom. The number of alkyl halides is 5. The molecule has 1 heterocycles. The first-order chi connectivity index (χ1) is 19.4. The highest BCUT2D eigenvalue weighted by Gasteiger charge is 2.79. The maximum Gasteiger partial charge on any atom is 0.456 e. The standard InChI is InChI=1S/C33H32F5NO2/c1-30-19-27(21-8-5-20(6-9-21)7-11-23-4-2-3-17-39-23)29-25-14-12-24(40)18-22(25)10-13-26(29)28(30)15-16-31(30,41)32(34,35)33(36,37)38/h2-9,11,17-18,26-28,41H,10,12-16,19H2,1H3/t26-,27+,28-,30-,31-/m0/s1. The summed E-state index contributed by atoms with van der Waals surface area (Å²) < 4.78 is 71.5. The summed E-state index contributed by atoms with van der Waals surface area (Å²) >= 11 is 0. The first-order valence-electron chi connectivity index (χ1n) is 14.2. The zero-order chi connectivity index (χ0) is 29.2. The second-order valence-corrected chi connectivity index (χ2v) is 12.2. The molecule has 1 N–H and O–H groups in total. The number of nitrogens with zero attached hydrogens (tertiary/aromatic N) is 1. The summed E-state index contributed by atoms with van der Waals surface area (Å²) in [6.07, 6.45) is 2.81. The van der Waals surface area contributed by atoms with Crippen molar-refractivity contribution in [2.45, 2.75) is 75.5 Å². The molecule has 4 aliphatic carbocycles. The number of carbonyl (C=O) groups is 1. The molecule has 1 aromatic heterocycles. The number of aromatic nitrogens is 1. The zero-order valence-electron chi connectivity index (χ0n) is 22.7. The molecule has 41 heavy (non-hydrogen) atoms. The fourth-order valence-electron chi connectivity index (χ4n) is 8.21. The average molecular weight is 570 g/mol. The summed E-state index contributed by atoms with van der Waals surface area (Å²) in [6.45, 7) is 1.44. The van der Waals surface area contributed by atoms with Crippen LogP contribution in [0.4, 0.5) is 22.0 Å². The Morgan fingerprint density at radius 2 is 1.73 bits per heavy atom. The molecule has 0 unspecified atom stereocenters. The van der Waals surface area contributed by atoms with Crippen LogP contribution < -0.4 is 0 Å². The third-order valence-electron chi connectivity index (χ3n) is 10.2. The second-order valence-electron chi connectivity index (χ2n) is 12.2. The van der Waals surface area contributed by atoms with E-state index in [0.717, 1.165) is 33.5 Å². The van der Waals surface area contributed by atoms with Gasteiger partial charge in [0.2, 0.25) is 0 Å². The topological polar surface area (TPSA) is 50.2 Å². The Kier molecular flexibility index (Phi) is 6.64. The second kappa shape index (κ2) is 9.72. The van der Waals surface area contributed by atoms with Crippen molar-refractivity contribution in [3.05, 3.63) is 88.3 Å². The minimum atomic E-state index is -5.86. The molecule has 0 amide bonds. The molecule has 0 saturated heterocycles. The van der Waals surface area contributed by atoms with Gasteiger partial charge in [-0.15, -0.1) is 0 Å². The van der Waals surface area contributed by atoms with Gasteiger partial charge in [-0.2, -0.15) is 22.0 Å². The van der Waals surface area contributed by atoms with Gasteiger partial charge in [0.1, 0.15) is 5.60 Å². The minimum Gasteiger partial charge on any atom is -0.383 e. The summed E-state index contributed by atoms with van der Waals surface area (Å²) in [4.78, 5) is 16.5. The molecule has 0 radical (unpaired) electrons. The van der Waals surface area contributed by atoms with E-state index in [0.29, 0.717) is 25.7 Å². The molecule has 3 nitrogen and oxygen atoms in total. The maximum absolute atomic E-state index is 15.1.